The molecule has 0 heterocycles. The van der Waals surface area contributed by atoms with Crippen LogP contribution in [0, 0.1) is 47.3 Å². The normalized spacial score (nSPS) is 20.4. The third-order valence-corrected chi connectivity index (χ3v) is 15.9. The smallest absolute Gasteiger partial charge is 0.410 e. The Morgan fingerprint density at radius 2 is 0.811 bits per heavy atom. The van der Waals surface area contributed by atoms with Gasteiger partial charge < -0.3 is 43.2 Å². The molecule has 0 aromatic rings. The van der Waals surface area contributed by atoms with Crippen molar-refractivity contribution in [3.63, 3.8) is 0 Å². The molecule has 0 aromatic heterocycles. The average molecular weight is 1050 g/mol. The number of ether oxygens (including phenoxy) is 7. The summed E-state index contributed by atoms with van der Waals surface area (Å²) in [5, 5.41) is 11.0. The number of carbonyl (C=O) groups is 6. The maximum Gasteiger partial charge on any atom is 0.410 e. The fourth-order valence-electron chi connectivity index (χ4n) is 11.6. The molecular weight excluding hydrogens is 947 g/mol. The van der Waals surface area contributed by atoms with Gasteiger partial charge in [0.05, 0.1) is 24.4 Å². The van der Waals surface area contributed by atoms with E-state index in [1.54, 1.807) is 20.8 Å². The van der Waals surface area contributed by atoms with Gasteiger partial charge in [-0.15, -0.1) is 0 Å². The summed E-state index contributed by atoms with van der Waals surface area (Å²) < 4.78 is 40.3. The van der Waals surface area contributed by atoms with Crippen molar-refractivity contribution >= 4 is 35.9 Å². The Balaban J connectivity index is 1.31. The molecule has 6 atom stereocenters. The first-order chi connectivity index (χ1) is 35.3. The van der Waals surface area contributed by atoms with E-state index in [-0.39, 0.29) is 107 Å². The Bertz CT molecular complexity index is 1600. The lowest BCUT2D eigenvalue weighted by Gasteiger charge is -2.28. The molecule has 0 saturated heterocycles. The van der Waals surface area contributed by atoms with Crippen molar-refractivity contribution in [1.29, 1.82) is 0 Å². The lowest BCUT2D eigenvalue weighted by molar-refractivity contribution is -0.181. The van der Waals surface area contributed by atoms with Gasteiger partial charge in [0.2, 0.25) is 0 Å². The molecule has 4 aliphatic carbocycles. The number of aliphatic hydroxyl groups is 1. The van der Waals surface area contributed by atoms with E-state index in [0.29, 0.717) is 23.7 Å². The Kier molecular flexibility index (Phi) is 29.3. The molecular formula is C59H101NO14. The van der Waals surface area contributed by atoms with Gasteiger partial charge in [-0.2, -0.15) is 0 Å². The minimum Gasteiger partial charge on any atom is -0.461 e. The molecule has 0 radical (unpaired) electrons. The quantitative estimate of drug-likeness (QED) is 0.0392. The van der Waals surface area contributed by atoms with E-state index < -0.39 is 42.1 Å². The molecule has 0 bridgehead atoms. The number of aliphatic hydroxyl groups excluding tert-OH is 1. The van der Waals surface area contributed by atoms with Crippen molar-refractivity contribution < 1.29 is 67.0 Å². The minimum atomic E-state index is -1.08. The number of nitrogens with zero attached hydrogens (tertiary/aromatic N) is 1. The van der Waals surface area contributed by atoms with Gasteiger partial charge in [-0.1, -0.05) is 156 Å². The summed E-state index contributed by atoms with van der Waals surface area (Å²) in [7, 11) is 0. The zero-order valence-electron chi connectivity index (χ0n) is 47.1. The Labute approximate surface area is 445 Å². The molecule has 4 fully saturated rings. The van der Waals surface area contributed by atoms with Crippen molar-refractivity contribution in [1.82, 2.24) is 4.90 Å². The lowest BCUT2D eigenvalue weighted by Crippen LogP contribution is -2.38. The zero-order valence-corrected chi connectivity index (χ0v) is 47.1. The van der Waals surface area contributed by atoms with Gasteiger partial charge in [-0.25, -0.2) is 4.79 Å². The Hall–Kier alpha value is -3.46. The first-order valence-corrected chi connectivity index (χ1v) is 29.5. The van der Waals surface area contributed by atoms with E-state index in [1.165, 1.54) is 81.9 Å². The lowest BCUT2D eigenvalue weighted by atomic mass is 9.83. The summed E-state index contributed by atoms with van der Waals surface area (Å²) in [6, 6.07) is 0. The van der Waals surface area contributed by atoms with Crippen molar-refractivity contribution in [3.8, 4) is 0 Å². The highest BCUT2D eigenvalue weighted by Crippen LogP contribution is 2.33. The van der Waals surface area contributed by atoms with Gasteiger partial charge in [0.25, 0.3) is 0 Å². The van der Waals surface area contributed by atoms with E-state index in [2.05, 4.69) is 0 Å². The number of carbonyl (C=O) groups excluding carboxylic acids is 6. The summed E-state index contributed by atoms with van der Waals surface area (Å²) in [4.78, 5) is 81.2. The third-order valence-electron chi connectivity index (χ3n) is 15.9. The van der Waals surface area contributed by atoms with E-state index in [0.717, 1.165) is 77.0 Å². The maximum atomic E-state index is 13.5. The second kappa shape index (κ2) is 34.3. The fourth-order valence-corrected chi connectivity index (χ4v) is 11.6. The summed E-state index contributed by atoms with van der Waals surface area (Å²) in [5.74, 6) is -1.36. The number of esters is 5. The highest BCUT2D eigenvalue weighted by Gasteiger charge is 2.30. The van der Waals surface area contributed by atoms with Crippen LogP contribution < -0.4 is 0 Å². The number of hydrogen-bond donors (Lipinski definition) is 1. The first kappa shape index (κ1) is 63.1. The van der Waals surface area contributed by atoms with Crippen LogP contribution in [0.5, 0.6) is 0 Å². The highest BCUT2D eigenvalue weighted by molar-refractivity contribution is 5.74. The van der Waals surface area contributed by atoms with Crippen molar-refractivity contribution in [3.05, 3.63) is 0 Å². The van der Waals surface area contributed by atoms with Gasteiger partial charge in [-0.3, -0.25) is 24.0 Å². The molecule has 1 amide bonds. The molecule has 74 heavy (non-hydrogen) atoms. The molecule has 0 spiro atoms. The van der Waals surface area contributed by atoms with Crippen LogP contribution in [0.3, 0.4) is 0 Å². The monoisotopic (exact) mass is 1050 g/mol. The van der Waals surface area contributed by atoms with Gasteiger partial charge in [0.15, 0.2) is 18.5 Å². The standard InChI is InChI=1S/C59H101NO14/c1-42(34-46-22-12-8-13-23-46)54(63)68-38-50(39-69-55(64)43(2)35-47-24-14-9-15-25-47)72-52(61)30-20-32-60(58(67)74-59(5,6)7)33-21-31-53(62)73-51(40-70-56(65)44(3)36-48-26-16-10-17-27-48)41-71-57(66)45(4)37-49-28-18-11-19-29-49/h42-51,54,63H,8-41H2,1-7H3. The molecule has 0 aromatic carbocycles. The van der Waals surface area contributed by atoms with Crippen LogP contribution >= 0.6 is 0 Å². The van der Waals surface area contributed by atoms with Gasteiger partial charge >= 0.3 is 35.9 Å². The van der Waals surface area contributed by atoms with E-state index >= 15 is 0 Å². The largest absolute Gasteiger partial charge is 0.461 e. The van der Waals surface area contributed by atoms with E-state index in [9.17, 15) is 33.9 Å². The van der Waals surface area contributed by atoms with Gasteiger partial charge in [-0.05, 0) is 83.0 Å². The van der Waals surface area contributed by atoms with Crippen LogP contribution in [0.2, 0.25) is 0 Å². The maximum absolute atomic E-state index is 13.5. The summed E-state index contributed by atoms with van der Waals surface area (Å²) in [5.41, 5.74) is -0.811. The SMILES string of the molecule is CC(CC1CCCCC1)C(=O)OCC(COC(=O)C(C)CC1CCCCC1)OC(=O)CCCN(CCCC(=O)OC(COC(=O)C(C)CC1CCCCC1)COC(O)C(C)CC1CCCCC1)C(=O)OC(C)(C)C. The molecule has 6 unspecified atom stereocenters. The summed E-state index contributed by atoms with van der Waals surface area (Å²) in [6.07, 6.45) is 22.9. The molecule has 1 N–H and O–H groups in total. The predicted molar refractivity (Wildman–Crippen MR) is 282 cm³/mol. The van der Waals surface area contributed by atoms with E-state index in [1.807, 2.05) is 27.7 Å². The molecule has 15 heteroatoms. The van der Waals surface area contributed by atoms with E-state index in [4.69, 9.17) is 33.2 Å². The van der Waals surface area contributed by atoms with Crippen LogP contribution in [0.25, 0.3) is 0 Å². The third kappa shape index (κ3) is 26.1. The Morgan fingerprint density at radius 1 is 0.486 bits per heavy atom. The Morgan fingerprint density at radius 3 is 1.15 bits per heavy atom. The predicted octanol–water partition coefficient (Wildman–Crippen LogP) is 12.0. The summed E-state index contributed by atoms with van der Waals surface area (Å²) >= 11 is 0. The topological polar surface area (TPSA) is 190 Å². The first-order valence-electron chi connectivity index (χ1n) is 29.5. The van der Waals surface area contributed by atoms with Crippen LogP contribution in [0.1, 0.15) is 228 Å². The van der Waals surface area contributed by atoms with Crippen LogP contribution in [-0.4, -0.2) is 110 Å². The number of hydrogen-bond acceptors (Lipinski definition) is 14. The molecule has 4 rings (SSSR count). The highest BCUT2D eigenvalue weighted by atomic mass is 16.6. The molecule has 0 aliphatic heterocycles. The molecule has 4 aliphatic rings. The minimum absolute atomic E-state index is 0.0812. The molecule has 4 saturated carbocycles. The molecule has 426 valence electrons. The van der Waals surface area contributed by atoms with Gasteiger partial charge in [0, 0.05) is 31.8 Å². The fraction of sp³-hybridized carbons (Fsp3) is 0.898. The summed E-state index contributed by atoms with van der Waals surface area (Å²) in [6.45, 7) is 12.2. The van der Waals surface area contributed by atoms with Gasteiger partial charge in [0.1, 0.15) is 25.4 Å². The van der Waals surface area contributed by atoms with Crippen LogP contribution in [-0.2, 0) is 57.1 Å². The zero-order chi connectivity index (χ0) is 53.9. The number of amides is 1. The number of rotatable bonds is 31. The molecule has 15 nitrogen and oxygen atoms in total. The van der Waals surface area contributed by atoms with Crippen LogP contribution in [0.15, 0.2) is 0 Å². The van der Waals surface area contributed by atoms with Crippen molar-refractivity contribution in [2.75, 3.05) is 39.5 Å². The van der Waals surface area contributed by atoms with Crippen molar-refractivity contribution in [2.24, 2.45) is 47.3 Å². The van der Waals surface area contributed by atoms with Crippen LogP contribution in [0.4, 0.5) is 4.79 Å². The average Bonchev–Trinajstić information content (AvgIpc) is 3.37. The second-order valence-corrected chi connectivity index (χ2v) is 24.2. The van der Waals surface area contributed by atoms with Crippen molar-refractivity contribution in [2.45, 2.75) is 252 Å². The second-order valence-electron chi connectivity index (χ2n) is 24.2.